The average molecular weight is 619 g/mol. The van der Waals surface area contributed by atoms with Crippen molar-refractivity contribution in [2.24, 2.45) is 0 Å². The summed E-state index contributed by atoms with van der Waals surface area (Å²) in [6.45, 7) is 4.69. The Morgan fingerprint density at radius 3 is 1.88 bits per heavy atom. The van der Waals surface area contributed by atoms with Crippen LogP contribution in [0, 0.1) is 0 Å². The van der Waals surface area contributed by atoms with Crippen LogP contribution in [0.2, 0.25) is 0 Å². The number of para-hydroxylation sites is 4. The number of hydrogen-bond acceptors (Lipinski definition) is 3. The minimum Gasteiger partial charge on any atom is -0.453 e. The summed E-state index contributed by atoms with van der Waals surface area (Å²) in [5, 5.41) is 0. The largest absolute Gasteiger partial charge is 0.453 e. The number of rotatable bonds is 5. The van der Waals surface area contributed by atoms with Gasteiger partial charge in [-0.25, -0.2) is 0 Å². The molecule has 2 aliphatic rings. The van der Waals surface area contributed by atoms with Crippen LogP contribution in [0.1, 0.15) is 25.0 Å². The quantitative estimate of drug-likeness (QED) is 0.191. The second-order valence-corrected chi connectivity index (χ2v) is 13.0. The van der Waals surface area contributed by atoms with Crippen molar-refractivity contribution in [2.75, 3.05) is 9.80 Å². The van der Waals surface area contributed by atoms with Gasteiger partial charge in [-0.3, -0.25) is 0 Å². The molecule has 0 radical (unpaired) electrons. The zero-order valence-electron chi connectivity index (χ0n) is 27.0. The predicted octanol–water partition coefficient (Wildman–Crippen LogP) is 12.7. The fourth-order valence-electron chi connectivity index (χ4n) is 7.59. The van der Waals surface area contributed by atoms with Crippen molar-refractivity contribution in [3.8, 4) is 33.8 Å². The van der Waals surface area contributed by atoms with Crippen LogP contribution in [0.4, 0.5) is 34.1 Å². The van der Waals surface area contributed by atoms with E-state index >= 15 is 0 Å². The first kappa shape index (κ1) is 28.2. The molecule has 0 N–H and O–H groups in total. The summed E-state index contributed by atoms with van der Waals surface area (Å²) >= 11 is 0. The van der Waals surface area contributed by atoms with E-state index in [1.807, 2.05) is 6.07 Å². The lowest BCUT2D eigenvalue weighted by atomic mass is 9.70. The summed E-state index contributed by atoms with van der Waals surface area (Å²) in [4.78, 5) is 4.75. The molecule has 7 aromatic carbocycles. The number of ether oxygens (including phenoxy) is 1. The van der Waals surface area contributed by atoms with Gasteiger partial charge in [-0.1, -0.05) is 123 Å². The van der Waals surface area contributed by atoms with Crippen molar-refractivity contribution < 1.29 is 4.74 Å². The van der Waals surface area contributed by atoms with Crippen LogP contribution in [0.5, 0.6) is 11.5 Å². The molecule has 48 heavy (non-hydrogen) atoms. The SMILES string of the molecule is CC1(C)c2cccc3c2N(c2ccccc2O3)c2cccc(-c3cccc(N(c4ccccc4)c4ccc(-c5ccccc5)cc4)c3)c21. The maximum Gasteiger partial charge on any atom is 0.151 e. The van der Waals surface area contributed by atoms with Gasteiger partial charge in [-0.15, -0.1) is 0 Å². The number of benzene rings is 7. The second kappa shape index (κ2) is 11.0. The molecule has 0 aromatic heterocycles. The van der Waals surface area contributed by atoms with E-state index < -0.39 is 0 Å². The zero-order chi connectivity index (χ0) is 32.2. The summed E-state index contributed by atoms with van der Waals surface area (Å²) in [6, 6.07) is 60.6. The molecule has 9 rings (SSSR count). The lowest BCUT2D eigenvalue weighted by molar-refractivity contribution is 0.471. The molecule has 0 saturated carbocycles. The third-order valence-corrected chi connectivity index (χ3v) is 9.79. The van der Waals surface area contributed by atoms with Gasteiger partial charge in [0, 0.05) is 22.5 Å². The molecular weight excluding hydrogens is 585 g/mol. The summed E-state index contributed by atoms with van der Waals surface area (Å²) < 4.78 is 6.46. The van der Waals surface area contributed by atoms with E-state index in [1.165, 1.54) is 39.1 Å². The van der Waals surface area contributed by atoms with Gasteiger partial charge in [0.2, 0.25) is 0 Å². The van der Waals surface area contributed by atoms with Crippen molar-refractivity contribution in [3.63, 3.8) is 0 Å². The molecule has 230 valence electrons. The van der Waals surface area contributed by atoms with Crippen LogP contribution in [-0.4, -0.2) is 0 Å². The van der Waals surface area contributed by atoms with E-state index in [0.717, 1.165) is 39.9 Å². The minimum atomic E-state index is -0.272. The van der Waals surface area contributed by atoms with Gasteiger partial charge in [0.15, 0.2) is 11.5 Å². The fourth-order valence-corrected chi connectivity index (χ4v) is 7.59. The molecule has 0 aliphatic carbocycles. The van der Waals surface area contributed by atoms with E-state index in [0.29, 0.717) is 0 Å². The Hall–Kier alpha value is -6.06. The second-order valence-electron chi connectivity index (χ2n) is 13.0. The number of hydrogen-bond donors (Lipinski definition) is 0. The Labute approximate surface area is 281 Å². The summed E-state index contributed by atoms with van der Waals surface area (Å²) in [6.07, 6.45) is 0. The molecular formula is C45H34N2O. The average Bonchev–Trinajstić information content (AvgIpc) is 3.14. The summed E-state index contributed by atoms with van der Waals surface area (Å²) in [5.41, 5.74) is 13.8. The molecule has 0 atom stereocenters. The first-order valence-corrected chi connectivity index (χ1v) is 16.5. The van der Waals surface area contributed by atoms with Gasteiger partial charge in [0.1, 0.15) is 0 Å². The third kappa shape index (κ3) is 4.43. The molecule has 3 heteroatoms. The highest BCUT2D eigenvalue weighted by Crippen LogP contribution is 2.61. The fraction of sp³-hybridized carbons (Fsp3) is 0.0667. The van der Waals surface area contributed by atoms with Crippen molar-refractivity contribution in [3.05, 3.63) is 181 Å². The van der Waals surface area contributed by atoms with E-state index in [-0.39, 0.29) is 5.41 Å². The maximum atomic E-state index is 6.46. The van der Waals surface area contributed by atoms with Gasteiger partial charge in [-0.05, 0) is 94.0 Å². The molecule has 7 aromatic rings. The van der Waals surface area contributed by atoms with Crippen LogP contribution < -0.4 is 14.5 Å². The van der Waals surface area contributed by atoms with Crippen LogP contribution in [0.3, 0.4) is 0 Å². The molecule has 0 unspecified atom stereocenters. The van der Waals surface area contributed by atoms with E-state index in [9.17, 15) is 0 Å². The highest BCUT2D eigenvalue weighted by atomic mass is 16.5. The molecule has 0 saturated heterocycles. The van der Waals surface area contributed by atoms with Gasteiger partial charge in [-0.2, -0.15) is 0 Å². The van der Waals surface area contributed by atoms with E-state index in [4.69, 9.17) is 4.74 Å². The normalized spacial score (nSPS) is 13.5. The van der Waals surface area contributed by atoms with Crippen molar-refractivity contribution >= 4 is 34.1 Å². The Kier molecular flexibility index (Phi) is 6.48. The molecule has 0 spiro atoms. The summed E-state index contributed by atoms with van der Waals surface area (Å²) in [7, 11) is 0. The highest BCUT2D eigenvalue weighted by Gasteiger charge is 2.42. The Bertz CT molecular complexity index is 2290. The third-order valence-electron chi connectivity index (χ3n) is 9.79. The van der Waals surface area contributed by atoms with Crippen LogP contribution in [0.15, 0.2) is 170 Å². The molecule has 2 aliphatic heterocycles. The van der Waals surface area contributed by atoms with Gasteiger partial charge < -0.3 is 14.5 Å². The topological polar surface area (TPSA) is 15.7 Å². The highest BCUT2D eigenvalue weighted by molar-refractivity contribution is 5.96. The number of anilines is 6. The Morgan fingerprint density at radius 2 is 1.06 bits per heavy atom. The van der Waals surface area contributed by atoms with E-state index in [2.05, 4.69) is 187 Å². The molecule has 0 amide bonds. The van der Waals surface area contributed by atoms with Gasteiger partial charge in [0.25, 0.3) is 0 Å². The van der Waals surface area contributed by atoms with Crippen LogP contribution in [0.25, 0.3) is 22.3 Å². The molecule has 0 bridgehead atoms. The maximum absolute atomic E-state index is 6.46. The molecule has 0 fully saturated rings. The summed E-state index contributed by atoms with van der Waals surface area (Å²) in [5.74, 6) is 1.77. The number of fused-ring (bicyclic) bond motifs is 4. The predicted molar refractivity (Wildman–Crippen MR) is 199 cm³/mol. The van der Waals surface area contributed by atoms with Gasteiger partial charge >= 0.3 is 0 Å². The van der Waals surface area contributed by atoms with Crippen molar-refractivity contribution in [2.45, 2.75) is 19.3 Å². The van der Waals surface area contributed by atoms with Crippen molar-refractivity contribution in [1.29, 1.82) is 0 Å². The minimum absolute atomic E-state index is 0.272. The smallest absolute Gasteiger partial charge is 0.151 e. The lowest BCUT2D eigenvalue weighted by Crippen LogP contribution is -2.32. The number of nitrogens with zero attached hydrogens (tertiary/aromatic N) is 2. The molecule has 3 nitrogen and oxygen atoms in total. The van der Waals surface area contributed by atoms with E-state index in [1.54, 1.807) is 0 Å². The van der Waals surface area contributed by atoms with Crippen LogP contribution in [-0.2, 0) is 5.41 Å². The Morgan fingerprint density at radius 1 is 0.479 bits per heavy atom. The van der Waals surface area contributed by atoms with Crippen molar-refractivity contribution in [1.82, 2.24) is 0 Å². The Balaban J connectivity index is 1.20. The lowest BCUT2D eigenvalue weighted by Gasteiger charge is -2.45. The zero-order valence-corrected chi connectivity index (χ0v) is 27.0. The van der Waals surface area contributed by atoms with Gasteiger partial charge in [0.05, 0.1) is 17.1 Å². The monoisotopic (exact) mass is 618 g/mol. The first-order valence-electron chi connectivity index (χ1n) is 16.5. The molecule has 2 heterocycles. The standard InChI is InChI=1S/C45H34N2O/c1-45(2)38-21-13-25-42-44(38)47(39-22-9-10-24-41(39)48-42)40-23-12-20-37(43(40)45)33-16-11-19-36(30-33)46(34-17-7-4-8-18-34)35-28-26-32(27-29-35)31-14-5-3-6-15-31/h3-30H,1-2H3. The van der Waals surface area contributed by atoms with Crippen LogP contribution >= 0.6 is 0 Å². The first-order chi connectivity index (χ1) is 23.6.